The van der Waals surface area contributed by atoms with Crippen molar-refractivity contribution in [2.75, 3.05) is 13.1 Å². The van der Waals surface area contributed by atoms with E-state index in [4.69, 9.17) is 0 Å². The smallest absolute Gasteiger partial charge is 0.222 e. The van der Waals surface area contributed by atoms with Crippen LogP contribution in [0.4, 0.5) is 4.39 Å². The van der Waals surface area contributed by atoms with E-state index in [9.17, 15) is 19.1 Å². The van der Waals surface area contributed by atoms with E-state index in [-0.39, 0.29) is 23.7 Å². The molecule has 23 heavy (non-hydrogen) atoms. The minimum atomic E-state index is -0.631. The molecule has 1 saturated heterocycles. The van der Waals surface area contributed by atoms with E-state index >= 15 is 0 Å². The van der Waals surface area contributed by atoms with Gasteiger partial charge in [-0.05, 0) is 37.0 Å². The molecule has 0 aromatic heterocycles. The van der Waals surface area contributed by atoms with Crippen LogP contribution in [-0.4, -0.2) is 47.1 Å². The first-order valence-corrected chi connectivity index (χ1v) is 7.93. The predicted molar refractivity (Wildman–Crippen MR) is 84.1 cm³/mol. The van der Waals surface area contributed by atoms with E-state index in [1.54, 1.807) is 17.0 Å². The first-order valence-electron chi connectivity index (χ1n) is 7.93. The van der Waals surface area contributed by atoms with Gasteiger partial charge in [0.15, 0.2) is 0 Å². The summed E-state index contributed by atoms with van der Waals surface area (Å²) in [4.78, 5) is 25.2. The second-order valence-electron chi connectivity index (χ2n) is 5.96. The molecule has 1 fully saturated rings. The molecule has 2 N–H and O–H groups in total. The number of halogens is 1. The van der Waals surface area contributed by atoms with E-state index in [1.807, 2.05) is 0 Å². The monoisotopic (exact) mass is 322 g/mol. The fourth-order valence-electron chi connectivity index (χ4n) is 2.83. The Labute approximate surface area is 135 Å². The van der Waals surface area contributed by atoms with E-state index in [0.29, 0.717) is 38.8 Å². The molecule has 2 amide bonds. The Balaban J connectivity index is 1.85. The zero-order valence-corrected chi connectivity index (χ0v) is 13.3. The number of benzene rings is 1. The predicted octanol–water partition coefficient (Wildman–Crippen LogP) is 1.25. The van der Waals surface area contributed by atoms with Crippen LogP contribution in [0.1, 0.15) is 31.7 Å². The highest BCUT2D eigenvalue weighted by Crippen LogP contribution is 2.14. The molecular weight excluding hydrogens is 299 g/mol. The van der Waals surface area contributed by atoms with Gasteiger partial charge in [-0.15, -0.1) is 0 Å². The normalized spacial score (nSPS) is 21.6. The number of hydrogen-bond acceptors (Lipinski definition) is 3. The van der Waals surface area contributed by atoms with Crippen molar-refractivity contribution < 1.29 is 19.1 Å². The second-order valence-corrected chi connectivity index (χ2v) is 5.96. The molecule has 1 aromatic carbocycles. The summed E-state index contributed by atoms with van der Waals surface area (Å²) in [5.41, 5.74) is 0.922. The molecular formula is C17H23FN2O3. The molecule has 0 aliphatic carbocycles. The lowest BCUT2D eigenvalue weighted by Gasteiger charge is -2.21. The maximum absolute atomic E-state index is 12.9. The van der Waals surface area contributed by atoms with Crippen molar-refractivity contribution in [1.29, 1.82) is 0 Å². The van der Waals surface area contributed by atoms with Crippen LogP contribution in [0.2, 0.25) is 0 Å². The highest BCUT2D eigenvalue weighted by molar-refractivity contribution is 5.76. The van der Waals surface area contributed by atoms with Gasteiger partial charge in [0.25, 0.3) is 0 Å². The van der Waals surface area contributed by atoms with Gasteiger partial charge in [0, 0.05) is 26.4 Å². The van der Waals surface area contributed by atoms with Gasteiger partial charge in [-0.3, -0.25) is 9.59 Å². The molecule has 1 aromatic rings. The maximum atomic E-state index is 12.9. The molecule has 2 rings (SSSR count). The van der Waals surface area contributed by atoms with Gasteiger partial charge in [0.05, 0.1) is 12.1 Å². The highest BCUT2D eigenvalue weighted by Gasteiger charge is 2.27. The Morgan fingerprint density at radius 3 is 2.57 bits per heavy atom. The molecule has 1 aliphatic heterocycles. The quantitative estimate of drug-likeness (QED) is 0.876. The van der Waals surface area contributed by atoms with Crippen LogP contribution in [-0.2, 0) is 16.0 Å². The fraction of sp³-hybridized carbons (Fsp3) is 0.529. The first-order chi connectivity index (χ1) is 11.0. The maximum Gasteiger partial charge on any atom is 0.222 e. The van der Waals surface area contributed by atoms with Gasteiger partial charge in [-0.1, -0.05) is 12.1 Å². The number of hydrogen-bond donors (Lipinski definition) is 2. The number of carbonyl (C=O) groups excluding carboxylic acids is 2. The minimum Gasteiger partial charge on any atom is -0.391 e. The number of amides is 2. The van der Waals surface area contributed by atoms with Crippen molar-refractivity contribution in [2.24, 2.45) is 0 Å². The summed E-state index contributed by atoms with van der Waals surface area (Å²) in [6.07, 6.45) is 1.28. The van der Waals surface area contributed by atoms with Crippen molar-refractivity contribution in [3.63, 3.8) is 0 Å². The molecule has 0 unspecified atom stereocenters. The zero-order valence-electron chi connectivity index (χ0n) is 13.3. The third-order valence-corrected chi connectivity index (χ3v) is 4.15. The Kier molecular flexibility index (Phi) is 6.10. The fourth-order valence-corrected chi connectivity index (χ4v) is 2.83. The first kappa shape index (κ1) is 17.4. The molecule has 0 spiro atoms. The summed E-state index contributed by atoms with van der Waals surface area (Å²) in [6.45, 7) is 2.42. The SMILES string of the molecule is CC(=O)N[C@H]1CCN(C(=O)CCc2ccc(F)cc2)CC[C@@H]1O. The van der Waals surface area contributed by atoms with Crippen LogP contribution in [0.25, 0.3) is 0 Å². The van der Waals surface area contributed by atoms with E-state index in [0.717, 1.165) is 5.56 Å². The number of likely N-dealkylation sites (tertiary alicyclic amines) is 1. The lowest BCUT2D eigenvalue weighted by molar-refractivity contribution is -0.131. The summed E-state index contributed by atoms with van der Waals surface area (Å²) in [6, 6.07) is 5.84. The summed E-state index contributed by atoms with van der Waals surface area (Å²) >= 11 is 0. The molecule has 1 aliphatic rings. The van der Waals surface area contributed by atoms with E-state index in [1.165, 1.54) is 19.1 Å². The molecule has 2 atom stereocenters. The van der Waals surface area contributed by atoms with E-state index < -0.39 is 6.10 Å². The summed E-state index contributed by atoms with van der Waals surface area (Å²) < 4.78 is 12.9. The van der Waals surface area contributed by atoms with Gasteiger partial charge in [0.1, 0.15) is 5.82 Å². The highest BCUT2D eigenvalue weighted by atomic mass is 19.1. The van der Waals surface area contributed by atoms with Gasteiger partial charge >= 0.3 is 0 Å². The Hall–Kier alpha value is -1.95. The molecule has 0 saturated carbocycles. The van der Waals surface area contributed by atoms with Crippen LogP contribution in [0, 0.1) is 5.82 Å². The van der Waals surface area contributed by atoms with Crippen molar-refractivity contribution in [2.45, 2.75) is 44.8 Å². The van der Waals surface area contributed by atoms with Crippen molar-refractivity contribution in [1.82, 2.24) is 10.2 Å². The minimum absolute atomic E-state index is 0.0185. The average Bonchev–Trinajstić information content (AvgIpc) is 2.69. The Morgan fingerprint density at radius 2 is 1.91 bits per heavy atom. The lowest BCUT2D eigenvalue weighted by Crippen LogP contribution is -2.42. The third-order valence-electron chi connectivity index (χ3n) is 4.15. The number of aryl methyl sites for hydroxylation is 1. The third kappa shape index (κ3) is 5.32. The summed E-state index contributed by atoms with van der Waals surface area (Å²) in [5.74, 6) is -0.444. The number of carbonyl (C=O) groups is 2. The van der Waals surface area contributed by atoms with Gasteiger partial charge in [-0.2, -0.15) is 0 Å². The Bertz CT molecular complexity index is 547. The molecule has 1 heterocycles. The van der Waals surface area contributed by atoms with Crippen LogP contribution < -0.4 is 5.32 Å². The number of aliphatic hydroxyl groups is 1. The Morgan fingerprint density at radius 1 is 1.26 bits per heavy atom. The van der Waals surface area contributed by atoms with Gasteiger partial charge < -0.3 is 15.3 Å². The molecule has 0 radical (unpaired) electrons. The average molecular weight is 322 g/mol. The molecule has 0 bridgehead atoms. The van der Waals surface area contributed by atoms with Crippen molar-refractivity contribution in [3.8, 4) is 0 Å². The molecule has 6 heteroatoms. The standard InChI is InChI=1S/C17H23FN2O3/c1-12(21)19-15-8-10-20(11-9-16(15)22)17(23)7-4-13-2-5-14(18)6-3-13/h2-3,5-6,15-16,22H,4,7-11H2,1H3,(H,19,21)/t15-,16-/m0/s1. The topological polar surface area (TPSA) is 69.6 Å². The number of nitrogens with one attached hydrogen (secondary N) is 1. The van der Waals surface area contributed by atoms with Crippen molar-refractivity contribution in [3.05, 3.63) is 35.6 Å². The van der Waals surface area contributed by atoms with Crippen LogP contribution in [0.15, 0.2) is 24.3 Å². The van der Waals surface area contributed by atoms with Gasteiger partial charge in [-0.25, -0.2) is 4.39 Å². The molecule has 126 valence electrons. The van der Waals surface area contributed by atoms with Crippen molar-refractivity contribution >= 4 is 11.8 Å². The van der Waals surface area contributed by atoms with Crippen LogP contribution >= 0.6 is 0 Å². The largest absolute Gasteiger partial charge is 0.391 e. The van der Waals surface area contributed by atoms with Crippen LogP contribution in [0.3, 0.4) is 0 Å². The number of aliphatic hydroxyl groups excluding tert-OH is 1. The van der Waals surface area contributed by atoms with Crippen LogP contribution in [0.5, 0.6) is 0 Å². The molecule has 5 nitrogen and oxygen atoms in total. The zero-order chi connectivity index (χ0) is 16.8. The van der Waals surface area contributed by atoms with E-state index in [2.05, 4.69) is 5.32 Å². The second kappa shape index (κ2) is 8.06. The van der Waals surface area contributed by atoms with Gasteiger partial charge in [0.2, 0.25) is 11.8 Å². The summed E-state index contributed by atoms with van der Waals surface area (Å²) in [5, 5.41) is 12.8. The lowest BCUT2D eigenvalue weighted by atomic mass is 10.1. The summed E-state index contributed by atoms with van der Waals surface area (Å²) in [7, 11) is 0. The number of rotatable bonds is 4. The number of nitrogens with zero attached hydrogens (tertiary/aromatic N) is 1.